The highest BCUT2D eigenvalue weighted by molar-refractivity contribution is 6.74. The highest BCUT2D eigenvalue weighted by atomic mass is 28.4. The zero-order valence-corrected chi connectivity index (χ0v) is 31.7. The molecule has 1 amide bonds. The second kappa shape index (κ2) is 16.6. The normalized spacial score (nSPS) is 12.7. The van der Waals surface area contributed by atoms with Gasteiger partial charge in [-0.1, -0.05) is 75.4 Å². The fourth-order valence-electron chi connectivity index (χ4n) is 5.68. The molecule has 4 rings (SSSR count). The topological polar surface area (TPSA) is 86.6 Å². The molecule has 0 aliphatic heterocycles. The van der Waals surface area contributed by atoms with E-state index < -0.39 is 26.2 Å². The maximum Gasteiger partial charge on any atom is 0.308 e. The van der Waals surface area contributed by atoms with Crippen molar-refractivity contribution in [3.63, 3.8) is 0 Å². The number of hydrogen-bond donors (Lipinski definition) is 1. The first-order valence-electron chi connectivity index (χ1n) is 17.1. The third kappa shape index (κ3) is 9.77. The second-order valence-electron chi connectivity index (χ2n) is 14.4. The summed E-state index contributed by atoms with van der Waals surface area (Å²) in [5.74, 6) is -1.89. The van der Waals surface area contributed by atoms with Crippen LogP contribution in [0.2, 0.25) is 18.1 Å². The largest absolute Gasteiger partial charge is 0.469 e. The molecule has 270 valence electrons. The zero-order valence-electron chi connectivity index (χ0n) is 30.7. The molecule has 0 saturated carbocycles. The number of benzene rings is 3. The van der Waals surface area contributed by atoms with E-state index in [9.17, 15) is 23.2 Å². The molecule has 0 unspecified atom stereocenters. The first kappa shape index (κ1) is 39.1. The van der Waals surface area contributed by atoms with Crippen molar-refractivity contribution in [2.75, 3.05) is 7.11 Å². The quantitative estimate of drug-likeness (QED) is 0.0799. The van der Waals surface area contributed by atoms with Crippen LogP contribution < -0.4 is 5.32 Å². The van der Waals surface area contributed by atoms with Crippen molar-refractivity contribution in [2.45, 2.75) is 84.3 Å². The SMILES string of the molecule is COC(=O)C[C@@H](CC(=O)/C=C/c1c(-c2ccc(F)cc2)c(-c2ccccc2)c(C(=O)NCc2ccc(F)cc2)n1C(C)C)O[Si](C)(C)C(C)(C)C. The summed E-state index contributed by atoms with van der Waals surface area (Å²) in [4.78, 5) is 40.3. The Labute approximate surface area is 300 Å². The number of nitrogens with zero attached hydrogens (tertiary/aromatic N) is 1. The number of carbonyl (C=O) groups excluding carboxylic acids is 3. The Bertz CT molecular complexity index is 1860. The Kier molecular flexibility index (Phi) is 12.7. The van der Waals surface area contributed by atoms with E-state index in [1.54, 1.807) is 30.3 Å². The number of nitrogens with one attached hydrogen (secondary N) is 1. The van der Waals surface area contributed by atoms with Crippen molar-refractivity contribution < 1.29 is 32.3 Å². The standard InChI is InChI=1S/C41H48F2N2O5Si/c1-27(2)45-35(23-22-33(46)24-34(25-36(47)49-6)50-51(7,8)41(3,4)5)37(30-16-20-32(43)21-17-30)38(29-12-10-9-11-13-29)39(45)40(48)44-26-28-14-18-31(42)19-15-28/h9-23,27,34H,24-26H2,1-8H3,(H,44,48)/b23-22+/t34-/m1/s1. The molecule has 0 fully saturated rings. The van der Waals surface area contributed by atoms with Gasteiger partial charge in [0.25, 0.3) is 5.91 Å². The maximum absolute atomic E-state index is 14.3. The van der Waals surface area contributed by atoms with Crippen LogP contribution in [-0.4, -0.2) is 43.8 Å². The molecular weight excluding hydrogens is 667 g/mol. The van der Waals surface area contributed by atoms with Crippen LogP contribution in [0.15, 0.2) is 84.9 Å². The number of carbonyl (C=O) groups is 3. The number of halogens is 2. The summed E-state index contributed by atoms with van der Waals surface area (Å²) in [7, 11) is -1.05. The van der Waals surface area contributed by atoms with Crippen molar-refractivity contribution >= 4 is 32.1 Å². The minimum Gasteiger partial charge on any atom is -0.469 e. The van der Waals surface area contributed by atoms with E-state index in [4.69, 9.17) is 9.16 Å². The first-order chi connectivity index (χ1) is 24.0. The van der Waals surface area contributed by atoms with E-state index in [1.165, 1.54) is 37.5 Å². The summed E-state index contributed by atoms with van der Waals surface area (Å²) in [6.07, 6.45) is 2.34. The van der Waals surface area contributed by atoms with Crippen LogP contribution in [0.25, 0.3) is 28.3 Å². The van der Waals surface area contributed by atoms with Gasteiger partial charge in [-0.25, -0.2) is 8.78 Å². The Balaban J connectivity index is 1.86. The van der Waals surface area contributed by atoms with Crippen LogP contribution >= 0.6 is 0 Å². The first-order valence-corrected chi connectivity index (χ1v) is 20.0. The summed E-state index contributed by atoms with van der Waals surface area (Å²) in [5.41, 5.74) is 4.32. The van der Waals surface area contributed by atoms with Crippen LogP contribution in [0.3, 0.4) is 0 Å². The van der Waals surface area contributed by atoms with E-state index >= 15 is 0 Å². The van der Waals surface area contributed by atoms with Gasteiger partial charge in [0, 0.05) is 30.1 Å². The summed E-state index contributed by atoms with van der Waals surface area (Å²) >= 11 is 0. The predicted molar refractivity (Wildman–Crippen MR) is 201 cm³/mol. The number of rotatable bonds is 14. The molecule has 0 saturated heterocycles. The van der Waals surface area contributed by atoms with E-state index in [1.807, 2.05) is 48.7 Å². The molecule has 4 aromatic rings. The van der Waals surface area contributed by atoms with Crippen LogP contribution in [0.4, 0.5) is 8.78 Å². The van der Waals surface area contributed by atoms with Crippen molar-refractivity contribution in [1.29, 1.82) is 0 Å². The monoisotopic (exact) mass is 714 g/mol. The van der Waals surface area contributed by atoms with Crippen LogP contribution in [0.5, 0.6) is 0 Å². The summed E-state index contributed by atoms with van der Waals surface area (Å²) < 4.78 is 41.1. The van der Waals surface area contributed by atoms with Gasteiger partial charge in [0.05, 0.1) is 25.3 Å². The molecule has 0 bridgehead atoms. The summed E-state index contributed by atoms with van der Waals surface area (Å²) in [6, 6.07) is 21.1. The van der Waals surface area contributed by atoms with E-state index in [0.29, 0.717) is 28.1 Å². The zero-order chi connectivity index (χ0) is 37.5. The Morgan fingerprint density at radius 3 is 1.96 bits per heavy atom. The molecule has 1 heterocycles. The molecule has 0 aliphatic rings. The number of hydrogen-bond acceptors (Lipinski definition) is 5. The highest BCUT2D eigenvalue weighted by Crippen LogP contribution is 2.43. The van der Waals surface area contributed by atoms with Gasteiger partial charge in [-0.3, -0.25) is 14.4 Å². The van der Waals surface area contributed by atoms with Crippen LogP contribution in [-0.2, 0) is 25.3 Å². The van der Waals surface area contributed by atoms with Crippen molar-refractivity contribution in [3.05, 3.63) is 114 Å². The fraction of sp³-hybridized carbons (Fsp3) is 0.341. The van der Waals surface area contributed by atoms with E-state index in [2.05, 4.69) is 39.2 Å². The molecule has 10 heteroatoms. The third-order valence-corrected chi connectivity index (χ3v) is 13.8. The van der Waals surface area contributed by atoms with Crippen molar-refractivity contribution in [2.24, 2.45) is 0 Å². The summed E-state index contributed by atoms with van der Waals surface area (Å²) in [6.45, 7) is 14.4. The van der Waals surface area contributed by atoms with Crippen LogP contribution in [0.1, 0.15) is 75.2 Å². The molecule has 7 nitrogen and oxygen atoms in total. The number of ether oxygens (including phenoxy) is 1. The minimum absolute atomic E-state index is 0.0526. The lowest BCUT2D eigenvalue weighted by molar-refractivity contribution is -0.142. The van der Waals surface area contributed by atoms with E-state index in [0.717, 1.165) is 11.1 Å². The predicted octanol–water partition coefficient (Wildman–Crippen LogP) is 9.54. The number of aromatic nitrogens is 1. The number of amides is 1. The molecule has 3 aromatic carbocycles. The molecule has 0 spiro atoms. The molecule has 51 heavy (non-hydrogen) atoms. The average Bonchev–Trinajstić information content (AvgIpc) is 3.42. The van der Waals surface area contributed by atoms with Gasteiger partial charge in [-0.2, -0.15) is 0 Å². The van der Waals surface area contributed by atoms with Crippen molar-refractivity contribution in [1.82, 2.24) is 9.88 Å². The Hall–Kier alpha value is -4.67. The van der Waals surface area contributed by atoms with Gasteiger partial charge in [-0.05, 0) is 85.1 Å². The molecular formula is C41H48F2N2O5Si. The van der Waals surface area contributed by atoms with Crippen molar-refractivity contribution in [3.8, 4) is 22.3 Å². The summed E-state index contributed by atoms with van der Waals surface area (Å²) in [5, 5.41) is 2.85. The molecule has 1 aromatic heterocycles. The number of methoxy groups -OCH3 is 1. The average molecular weight is 715 g/mol. The Morgan fingerprint density at radius 2 is 1.41 bits per heavy atom. The van der Waals surface area contributed by atoms with Gasteiger partial charge >= 0.3 is 5.97 Å². The molecule has 1 atom stereocenters. The van der Waals surface area contributed by atoms with E-state index in [-0.39, 0.29) is 48.0 Å². The van der Waals surface area contributed by atoms with Crippen LogP contribution in [0, 0.1) is 11.6 Å². The van der Waals surface area contributed by atoms with Gasteiger partial charge < -0.3 is 19.0 Å². The Morgan fingerprint density at radius 1 is 0.843 bits per heavy atom. The minimum atomic E-state index is -2.35. The third-order valence-electron chi connectivity index (χ3n) is 9.28. The second-order valence-corrected chi connectivity index (χ2v) is 19.2. The van der Waals surface area contributed by atoms with Gasteiger partial charge in [-0.15, -0.1) is 0 Å². The fourth-order valence-corrected chi connectivity index (χ4v) is 7.03. The maximum atomic E-state index is 14.3. The molecule has 1 N–H and O–H groups in total. The van der Waals surface area contributed by atoms with Gasteiger partial charge in [0.2, 0.25) is 0 Å². The lowest BCUT2D eigenvalue weighted by Crippen LogP contribution is -2.44. The number of esters is 1. The number of ketones is 1. The van der Waals surface area contributed by atoms with Gasteiger partial charge in [0.1, 0.15) is 17.3 Å². The molecule has 0 radical (unpaired) electrons. The molecule has 0 aliphatic carbocycles. The lowest BCUT2D eigenvalue weighted by atomic mass is 9.94. The van der Waals surface area contributed by atoms with Gasteiger partial charge in [0.15, 0.2) is 14.1 Å². The highest BCUT2D eigenvalue weighted by Gasteiger charge is 2.40. The lowest BCUT2D eigenvalue weighted by Gasteiger charge is -2.39. The smallest absolute Gasteiger partial charge is 0.308 e. The number of allylic oxidation sites excluding steroid dienone is 1.